The number of fused-ring (bicyclic) bond motifs is 2. The summed E-state index contributed by atoms with van der Waals surface area (Å²) in [6, 6.07) is 0. The summed E-state index contributed by atoms with van der Waals surface area (Å²) in [6.07, 6.45) is 11.9. The van der Waals surface area contributed by atoms with E-state index in [-0.39, 0.29) is 42.7 Å². The van der Waals surface area contributed by atoms with Crippen LogP contribution in [0.1, 0.15) is 74.1 Å². The average molecular weight is 740 g/mol. The van der Waals surface area contributed by atoms with Crippen LogP contribution in [0.3, 0.4) is 0 Å². The number of hydrogen-bond acceptors (Lipinski definition) is 11. The van der Waals surface area contributed by atoms with Gasteiger partial charge < -0.3 is 49.1 Å². The molecule has 4 N–H and O–H groups in total. The molecule has 3 fully saturated rings. The van der Waals surface area contributed by atoms with Crippen molar-refractivity contribution in [1.29, 1.82) is 0 Å². The van der Waals surface area contributed by atoms with Crippen molar-refractivity contribution in [2.45, 2.75) is 146 Å². The van der Waals surface area contributed by atoms with Gasteiger partial charge >= 0.3 is 5.97 Å². The van der Waals surface area contributed by atoms with Gasteiger partial charge in [0.1, 0.15) is 29.8 Å². The first-order valence-corrected chi connectivity index (χ1v) is 19.3. The molecule has 3 saturated heterocycles. The third-order valence-electron chi connectivity index (χ3n) is 12.4. The van der Waals surface area contributed by atoms with Gasteiger partial charge in [0, 0.05) is 38.2 Å². The Hall–Kier alpha value is -2.45. The molecule has 0 saturated carbocycles. The fraction of sp³-hybridized carbons (Fsp3) is 0.690. The molecule has 5 heterocycles. The summed E-state index contributed by atoms with van der Waals surface area (Å²) in [5.74, 6) is -2.50. The lowest BCUT2D eigenvalue weighted by Gasteiger charge is -2.48. The van der Waals surface area contributed by atoms with Gasteiger partial charge in [-0.15, -0.1) is 6.58 Å². The number of nitrogens with two attached hydrogens (primary N) is 1. The first kappa shape index (κ1) is 40.2. The van der Waals surface area contributed by atoms with Crippen molar-refractivity contribution in [3.8, 4) is 0 Å². The van der Waals surface area contributed by atoms with E-state index in [9.17, 15) is 15.0 Å². The van der Waals surface area contributed by atoms with Gasteiger partial charge in [0.25, 0.3) is 0 Å². The minimum absolute atomic E-state index is 0.0485. The SMILES string of the molecule is C=C[C@]1(N)[C@H](C)O[C@@H](O[C@@H]2/C(C)=C/C[C@@H]3C[C@@H](C[C@]4(C=C[C@H](C)[C@@H](C(C)C)O4)O3)OC(=O)[C@@H]3C=C(C)[C@@H](O)[C@H]4OC/C(=C\C=C\[C@@H]2C)[C@]43O)C[C@@H]1OC. The summed E-state index contributed by atoms with van der Waals surface area (Å²) in [5, 5.41) is 23.5. The van der Waals surface area contributed by atoms with Crippen molar-refractivity contribution in [2.75, 3.05) is 13.7 Å². The van der Waals surface area contributed by atoms with Crippen molar-refractivity contribution >= 4 is 5.97 Å². The minimum Gasteiger partial charge on any atom is -0.462 e. The minimum atomic E-state index is -1.81. The number of carbonyl (C=O) groups is 1. The largest absolute Gasteiger partial charge is 0.462 e. The highest BCUT2D eigenvalue weighted by Crippen LogP contribution is 2.47. The predicted molar refractivity (Wildman–Crippen MR) is 199 cm³/mol. The predicted octanol–water partition coefficient (Wildman–Crippen LogP) is 4.97. The van der Waals surface area contributed by atoms with E-state index in [0.29, 0.717) is 36.8 Å². The second-order valence-corrected chi connectivity index (χ2v) is 16.5. The Kier molecular flexibility index (Phi) is 11.8. The number of carbonyl (C=O) groups excluding carboxylic acids is 1. The van der Waals surface area contributed by atoms with Gasteiger partial charge in [-0.3, -0.25) is 4.79 Å². The molecule has 6 rings (SSSR count). The summed E-state index contributed by atoms with van der Waals surface area (Å²) in [5.41, 5.74) is 5.99. The third kappa shape index (κ3) is 7.58. The van der Waals surface area contributed by atoms with Crippen molar-refractivity contribution < 1.29 is 48.2 Å². The first-order valence-electron chi connectivity index (χ1n) is 19.3. The van der Waals surface area contributed by atoms with E-state index < -0.39 is 65.6 Å². The fourth-order valence-corrected chi connectivity index (χ4v) is 9.14. The summed E-state index contributed by atoms with van der Waals surface area (Å²) < 4.78 is 44.8. The molecule has 0 aromatic carbocycles. The molecule has 11 heteroatoms. The van der Waals surface area contributed by atoms with Gasteiger partial charge in [-0.2, -0.15) is 0 Å². The van der Waals surface area contributed by atoms with Gasteiger partial charge in [0.15, 0.2) is 12.1 Å². The van der Waals surface area contributed by atoms with Gasteiger partial charge in [-0.05, 0) is 55.9 Å². The van der Waals surface area contributed by atoms with E-state index in [2.05, 4.69) is 46.4 Å². The Morgan fingerprint density at radius 2 is 1.83 bits per heavy atom. The molecular weight excluding hydrogens is 678 g/mol. The van der Waals surface area contributed by atoms with Crippen LogP contribution in [0.4, 0.5) is 0 Å². The van der Waals surface area contributed by atoms with Crippen LogP contribution in [-0.4, -0.2) is 102 Å². The maximum atomic E-state index is 14.2. The number of ether oxygens (including phenoxy) is 7. The van der Waals surface area contributed by atoms with Crippen LogP contribution in [-0.2, 0) is 38.0 Å². The normalized spacial score (nSPS) is 48.9. The van der Waals surface area contributed by atoms with E-state index in [1.807, 2.05) is 32.1 Å². The molecule has 15 atom stereocenters. The number of hydrogen-bond donors (Lipinski definition) is 3. The van der Waals surface area contributed by atoms with Crippen molar-refractivity contribution in [1.82, 2.24) is 0 Å². The van der Waals surface area contributed by atoms with Crippen LogP contribution in [0.2, 0.25) is 0 Å². The number of rotatable bonds is 5. The lowest BCUT2D eigenvalue weighted by Crippen LogP contribution is -2.63. The number of allylic oxidation sites excluding steroid dienone is 2. The van der Waals surface area contributed by atoms with Crippen molar-refractivity contribution in [3.63, 3.8) is 0 Å². The van der Waals surface area contributed by atoms with E-state index >= 15 is 0 Å². The summed E-state index contributed by atoms with van der Waals surface area (Å²) in [6.45, 7) is 18.1. The lowest BCUT2D eigenvalue weighted by atomic mass is 9.71. The maximum Gasteiger partial charge on any atom is 0.316 e. The highest BCUT2D eigenvalue weighted by atomic mass is 16.7. The van der Waals surface area contributed by atoms with E-state index in [1.54, 1.807) is 32.3 Å². The molecule has 0 unspecified atom stereocenters. The third-order valence-corrected chi connectivity index (χ3v) is 12.4. The summed E-state index contributed by atoms with van der Waals surface area (Å²) in [4.78, 5) is 14.2. The zero-order valence-electron chi connectivity index (χ0n) is 32.6. The molecule has 5 aliphatic heterocycles. The lowest BCUT2D eigenvalue weighted by molar-refractivity contribution is -0.299. The van der Waals surface area contributed by atoms with Crippen LogP contribution < -0.4 is 5.73 Å². The fourth-order valence-electron chi connectivity index (χ4n) is 9.14. The Balaban J connectivity index is 1.38. The molecule has 0 radical (unpaired) electrons. The zero-order valence-corrected chi connectivity index (χ0v) is 32.6. The molecule has 2 bridgehead atoms. The molecular formula is C42H61NO10. The Morgan fingerprint density at radius 3 is 2.53 bits per heavy atom. The molecule has 294 valence electrons. The van der Waals surface area contributed by atoms with E-state index in [4.69, 9.17) is 38.9 Å². The van der Waals surface area contributed by atoms with Gasteiger partial charge in [0.05, 0.1) is 42.7 Å². The second-order valence-electron chi connectivity index (χ2n) is 16.5. The number of aliphatic hydroxyl groups excluding tert-OH is 1. The molecule has 0 aromatic rings. The topological polar surface area (TPSA) is 148 Å². The van der Waals surface area contributed by atoms with Gasteiger partial charge in [0.2, 0.25) is 0 Å². The molecule has 1 aliphatic carbocycles. The zero-order chi connectivity index (χ0) is 38.5. The van der Waals surface area contributed by atoms with Crippen LogP contribution >= 0.6 is 0 Å². The molecule has 1 spiro atoms. The quantitative estimate of drug-likeness (QED) is 0.259. The van der Waals surface area contributed by atoms with Gasteiger partial charge in [-0.25, -0.2) is 0 Å². The monoisotopic (exact) mass is 739 g/mol. The van der Waals surface area contributed by atoms with E-state index in [1.165, 1.54) is 0 Å². The highest BCUT2D eigenvalue weighted by Gasteiger charge is 2.60. The van der Waals surface area contributed by atoms with Crippen LogP contribution in [0.5, 0.6) is 0 Å². The number of methoxy groups -OCH3 is 1. The molecule has 6 aliphatic rings. The number of esters is 1. The Labute approximate surface area is 314 Å². The number of aliphatic hydroxyl groups is 2. The molecule has 53 heavy (non-hydrogen) atoms. The van der Waals surface area contributed by atoms with Crippen molar-refractivity contribution in [3.05, 3.63) is 71.9 Å². The maximum absolute atomic E-state index is 14.2. The van der Waals surface area contributed by atoms with Crippen LogP contribution in [0, 0.1) is 23.7 Å². The van der Waals surface area contributed by atoms with Crippen LogP contribution in [0.15, 0.2) is 71.9 Å². The van der Waals surface area contributed by atoms with E-state index in [0.717, 1.165) is 5.57 Å². The van der Waals surface area contributed by atoms with Crippen LogP contribution in [0.25, 0.3) is 0 Å². The molecule has 11 nitrogen and oxygen atoms in total. The Morgan fingerprint density at radius 1 is 1.08 bits per heavy atom. The summed E-state index contributed by atoms with van der Waals surface area (Å²) in [7, 11) is 1.64. The summed E-state index contributed by atoms with van der Waals surface area (Å²) >= 11 is 0. The smallest absolute Gasteiger partial charge is 0.316 e. The standard InChI is InChI=1S/C42H61NO10/c1-10-41(43)28(8)49-34(20-33(41)47-9)51-37-24(4)12-11-13-29-22-48-38-35(44)27(7)18-32(42(29,38)46)39(45)50-31-19-30(15-14-25(37)5)52-40(21-31)17-16-26(6)36(53-40)23(2)3/h10-14,16-18,23-24,26,28,30-38,44,46H,1,15,19-22,43H2,2-9H3/b12-11+,25-14+,29-13+/t24-,26-,28-,30+,31-,32-,33-,34-,35+,36+,37-,38+,40+,41-,42+/m0/s1. The Bertz CT molecular complexity index is 1530. The highest BCUT2D eigenvalue weighted by molar-refractivity contribution is 5.78. The average Bonchev–Trinajstić information content (AvgIpc) is 3.46. The molecule has 0 aromatic heterocycles. The van der Waals surface area contributed by atoms with Gasteiger partial charge in [-0.1, -0.05) is 70.2 Å². The second kappa shape index (κ2) is 15.6. The molecule has 0 amide bonds. The first-order chi connectivity index (χ1) is 25.0. The van der Waals surface area contributed by atoms with Crippen molar-refractivity contribution in [2.24, 2.45) is 29.4 Å².